The zero-order chi connectivity index (χ0) is 21.2. The van der Waals surface area contributed by atoms with E-state index in [0.29, 0.717) is 6.54 Å². The Labute approximate surface area is 185 Å². The maximum atomic E-state index is 4.92. The number of nitrogens with one attached hydrogen (secondary N) is 3. The lowest BCUT2D eigenvalue weighted by atomic mass is 10.1. The summed E-state index contributed by atoms with van der Waals surface area (Å²) in [5.74, 6) is 0.849. The van der Waals surface area contributed by atoms with Crippen LogP contribution in [-0.2, 0) is 6.54 Å². The molecule has 0 saturated carbocycles. The minimum Gasteiger partial charge on any atom is -0.378 e. The first-order valence-electron chi connectivity index (χ1n) is 10.1. The number of nitrogens with zero attached hydrogens (tertiary/aromatic N) is 4. The molecular weight excluding hydrogens is 406 g/mol. The highest BCUT2D eigenvalue weighted by atomic mass is 32.2. The van der Waals surface area contributed by atoms with Gasteiger partial charge in [0.15, 0.2) is 0 Å². The third-order valence-corrected chi connectivity index (χ3v) is 5.92. The molecule has 0 bridgehead atoms. The van der Waals surface area contributed by atoms with Crippen molar-refractivity contribution in [3.8, 4) is 11.4 Å². The van der Waals surface area contributed by atoms with Crippen molar-refractivity contribution in [2.24, 2.45) is 5.10 Å². The predicted molar refractivity (Wildman–Crippen MR) is 126 cm³/mol. The summed E-state index contributed by atoms with van der Waals surface area (Å²) >= 11 is 1.73. The lowest BCUT2D eigenvalue weighted by Gasteiger charge is -2.21. The first-order chi connectivity index (χ1) is 15.2. The zero-order valence-electron chi connectivity index (χ0n) is 17.3. The molecule has 0 radical (unpaired) electrons. The Morgan fingerprint density at radius 3 is 2.81 bits per heavy atom. The minimum absolute atomic E-state index is 0.0635. The van der Waals surface area contributed by atoms with Crippen LogP contribution in [0.4, 0.5) is 5.69 Å². The van der Waals surface area contributed by atoms with Crippen LogP contribution in [-0.4, -0.2) is 38.7 Å². The van der Waals surface area contributed by atoms with E-state index in [1.807, 2.05) is 36.3 Å². The van der Waals surface area contributed by atoms with Gasteiger partial charge in [0, 0.05) is 28.0 Å². The van der Waals surface area contributed by atoms with Crippen molar-refractivity contribution < 1.29 is 0 Å². The van der Waals surface area contributed by atoms with Gasteiger partial charge in [-0.25, -0.2) is 9.99 Å². The molecule has 1 aromatic carbocycles. The van der Waals surface area contributed by atoms with Crippen molar-refractivity contribution in [3.05, 3.63) is 78.0 Å². The van der Waals surface area contributed by atoms with Gasteiger partial charge in [0.05, 0.1) is 23.6 Å². The number of aromatic amines is 1. The standard InChI is InChI=1S/C23H23N7S/c1-15-4-3-5-19(27-15)23-22(16-6-11-21-25-14-26-30(21)13-16)28-20(29-23)12-24-17-7-9-18(31-2)10-8-17/h3-11,13-14,21,24H,12H2,1-2H3,(H,25,26)(H,28,29). The number of H-pyrrole nitrogens is 1. The number of pyridine rings is 1. The van der Waals surface area contributed by atoms with E-state index >= 15 is 0 Å². The Morgan fingerprint density at radius 2 is 2.00 bits per heavy atom. The third kappa shape index (κ3) is 4.06. The molecule has 156 valence electrons. The van der Waals surface area contributed by atoms with E-state index in [-0.39, 0.29) is 6.17 Å². The Morgan fingerprint density at radius 1 is 1.13 bits per heavy atom. The Balaban J connectivity index is 1.46. The number of rotatable bonds is 6. The van der Waals surface area contributed by atoms with Crippen molar-refractivity contribution in [1.82, 2.24) is 25.3 Å². The highest BCUT2D eigenvalue weighted by Gasteiger charge is 2.23. The smallest absolute Gasteiger partial charge is 0.140 e. The third-order valence-electron chi connectivity index (χ3n) is 5.17. The molecule has 31 heavy (non-hydrogen) atoms. The molecule has 2 aromatic heterocycles. The van der Waals surface area contributed by atoms with Gasteiger partial charge in [-0.1, -0.05) is 12.1 Å². The van der Waals surface area contributed by atoms with E-state index in [4.69, 9.17) is 9.97 Å². The number of hydrazone groups is 1. The SMILES string of the molecule is CSc1ccc(NCc2nc(C3=CN4N=CNC4C=C3)c(-c3cccc(C)n3)[nH]2)cc1. The molecule has 1 atom stereocenters. The second-order valence-corrected chi connectivity index (χ2v) is 8.21. The Kier molecular flexibility index (Phi) is 5.21. The van der Waals surface area contributed by atoms with E-state index in [1.165, 1.54) is 4.90 Å². The molecule has 0 amide bonds. The minimum atomic E-state index is 0.0635. The number of aryl methyl sites for hydroxylation is 1. The van der Waals surface area contributed by atoms with Gasteiger partial charge in [-0.2, -0.15) is 5.10 Å². The van der Waals surface area contributed by atoms with Gasteiger partial charge in [-0.15, -0.1) is 11.8 Å². The number of benzene rings is 1. The van der Waals surface area contributed by atoms with Crippen LogP contribution < -0.4 is 10.6 Å². The molecule has 3 aromatic rings. The molecule has 7 nitrogen and oxygen atoms in total. The lowest BCUT2D eigenvalue weighted by Crippen LogP contribution is -2.32. The van der Waals surface area contributed by atoms with Crippen LogP contribution in [0.5, 0.6) is 0 Å². The average Bonchev–Trinajstić information content (AvgIpc) is 3.44. The summed E-state index contributed by atoms with van der Waals surface area (Å²) in [6.07, 6.45) is 10.0. The van der Waals surface area contributed by atoms with E-state index < -0.39 is 0 Å². The molecule has 8 heteroatoms. The second kappa shape index (κ2) is 8.31. The van der Waals surface area contributed by atoms with E-state index in [1.54, 1.807) is 18.1 Å². The van der Waals surface area contributed by atoms with Crippen LogP contribution in [0.2, 0.25) is 0 Å². The van der Waals surface area contributed by atoms with Gasteiger partial charge in [-0.3, -0.25) is 4.98 Å². The van der Waals surface area contributed by atoms with E-state index in [9.17, 15) is 0 Å². The summed E-state index contributed by atoms with van der Waals surface area (Å²) in [4.78, 5) is 14.4. The predicted octanol–water partition coefficient (Wildman–Crippen LogP) is 4.20. The summed E-state index contributed by atoms with van der Waals surface area (Å²) in [7, 11) is 0. The number of hydrogen-bond acceptors (Lipinski definition) is 7. The molecule has 4 heterocycles. The van der Waals surface area contributed by atoms with Crippen molar-refractivity contribution in [2.75, 3.05) is 11.6 Å². The fourth-order valence-electron chi connectivity index (χ4n) is 3.58. The van der Waals surface area contributed by atoms with Gasteiger partial charge in [-0.05, 0) is 55.7 Å². The topological polar surface area (TPSA) is 81.2 Å². The molecule has 5 rings (SSSR count). The zero-order valence-corrected chi connectivity index (χ0v) is 18.1. The van der Waals surface area contributed by atoms with Crippen molar-refractivity contribution in [1.29, 1.82) is 0 Å². The second-order valence-electron chi connectivity index (χ2n) is 7.33. The number of anilines is 1. The first kappa shape index (κ1) is 19.4. The quantitative estimate of drug-likeness (QED) is 0.510. The maximum absolute atomic E-state index is 4.92. The van der Waals surface area contributed by atoms with Gasteiger partial charge >= 0.3 is 0 Å². The van der Waals surface area contributed by atoms with Crippen molar-refractivity contribution >= 4 is 29.4 Å². The molecular formula is C23H23N7S. The molecule has 1 unspecified atom stereocenters. The monoisotopic (exact) mass is 429 g/mol. The molecule has 0 fully saturated rings. The van der Waals surface area contributed by atoms with Gasteiger partial charge < -0.3 is 15.6 Å². The maximum Gasteiger partial charge on any atom is 0.140 e. The molecule has 2 aliphatic rings. The Bertz CT molecular complexity index is 1180. The molecule has 0 saturated heterocycles. The number of hydrogen-bond donors (Lipinski definition) is 3. The summed E-state index contributed by atoms with van der Waals surface area (Å²) in [5.41, 5.74) is 5.66. The fraction of sp³-hybridized carbons (Fsp3) is 0.174. The van der Waals surface area contributed by atoms with Crippen molar-refractivity contribution in [3.63, 3.8) is 0 Å². The van der Waals surface area contributed by atoms with Crippen LogP contribution in [0.1, 0.15) is 17.2 Å². The van der Waals surface area contributed by atoms with E-state index in [0.717, 1.165) is 39.9 Å². The Hall–Kier alpha value is -3.52. The molecule has 0 aliphatic carbocycles. The van der Waals surface area contributed by atoms with Gasteiger partial charge in [0.2, 0.25) is 0 Å². The van der Waals surface area contributed by atoms with Crippen LogP contribution >= 0.6 is 11.8 Å². The summed E-state index contributed by atoms with van der Waals surface area (Å²) in [6.45, 7) is 2.58. The lowest BCUT2D eigenvalue weighted by molar-refractivity contribution is 0.351. The fourth-order valence-corrected chi connectivity index (χ4v) is 3.99. The van der Waals surface area contributed by atoms with Crippen molar-refractivity contribution in [2.45, 2.75) is 24.5 Å². The number of allylic oxidation sites excluding steroid dienone is 2. The molecule has 2 aliphatic heterocycles. The van der Waals surface area contributed by atoms with Crippen LogP contribution in [0, 0.1) is 6.92 Å². The average molecular weight is 430 g/mol. The van der Waals surface area contributed by atoms with Crippen LogP contribution in [0.3, 0.4) is 0 Å². The van der Waals surface area contributed by atoms with Gasteiger partial charge in [0.1, 0.15) is 18.3 Å². The molecule has 3 N–H and O–H groups in total. The largest absolute Gasteiger partial charge is 0.378 e. The number of aromatic nitrogens is 3. The summed E-state index contributed by atoms with van der Waals surface area (Å²) < 4.78 is 0. The highest BCUT2D eigenvalue weighted by molar-refractivity contribution is 7.98. The first-order valence-corrected chi connectivity index (χ1v) is 11.3. The highest BCUT2D eigenvalue weighted by Crippen LogP contribution is 2.30. The van der Waals surface area contributed by atoms with E-state index in [2.05, 4.69) is 63.4 Å². The number of fused-ring (bicyclic) bond motifs is 1. The number of thioether (sulfide) groups is 1. The van der Waals surface area contributed by atoms with Crippen LogP contribution in [0.15, 0.2) is 70.8 Å². The van der Waals surface area contributed by atoms with Crippen LogP contribution in [0.25, 0.3) is 17.0 Å². The van der Waals surface area contributed by atoms with Gasteiger partial charge in [0.25, 0.3) is 0 Å². The molecule has 0 spiro atoms. The normalized spacial score (nSPS) is 16.8. The number of imidazole rings is 1. The summed E-state index contributed by atoms with van der Waals surface area (Å²) in [5, 5.41) is 12.9. The summed E-state index contributed by atoms with van der Waals surface area (Å²) in [6, 6.07) is 14.4.